The number of hydrogen-bond donors (Lipinski definition) is 0. The molecule has 0 N–H and O–H groups in total. The normalized spacial score (nSPS) is 10.6. The second-order valence-corrected chi connectivity index (χ2v) is 9.69. The molecule has 5 aromatic rings. The minimum Gasteiger partial charge on any atom is -0.233 e. The fraction of sp³-hybridized carbons (Fsp3) is 0.132. The van der Waals surface area contributed by atoms with Gasteiger partial charge in [-0.05, 0) is 0 Å². The van der Waals surface area contributed by atoms with Gasteiger partial charge in [0, 0.05) is 16.5 Å². The van der Waals surface area contributed by atoms with E-state index >= 15 is 0 Å². The maximum atomic E-state index is 3.66. The van der Waals surface area contributed by atoms with Gasteiger partial charge in [-0.3, -0.25) is 0 Å². The predicted octanol–water partition coefficient (Wildman–Crippen LogP) is 9.74. The maximum absolute atomic E-state index is 3.66. The number of allylic oxidation sites excluding steroid dienone is 1. The topological polar surface area (TPSA) is 0 Å². The van der Waals surface area contributed by atoms with Crippen LogP contribution >= 0.6 is 0 Å². The summed E-state index contributed by atoms with van der Waals surface area (Å²) in [5, 5.41) is 0. The fourth-order valence-corrected chi connectivity index (χ4v) is 4.61. The molecule has 202 valence electrons. The van der Waals surface area contributed by atoms with E-state index in [2.05, 4.69) is 138 Å². The molecule has 39 heavy (non-hydrogen) atoms. The Morgan fingerprint density at radius 3 is 1.51 bits per heavy atom. The van der Waals surface area contributed by atoms with Crippen LogP contribution in [-0.4, -0.2) is 0 Å². The molecular weight excluding hydrogens is 515 g/mol. The molecule has 0 aromatic heterocycles. The number of rotatable bonds is 6. The first-order valence-electron chi connectivity index (χ1n) is 13.2. The second-order valence-electron chi connectivity index (χ2n) is 9.69. The first-order chi connectivity index (χ1) is 18.5. The summed E-state index contributed by atoms with van der Waals surface area (Å²) in [6.45, 7) is 11.0. The summed E-state index contributed by atoms with van der Waals surface area (Å²) in [7, 11) is 0. The van der Waals surface area contributed by atoms with Crippen molar-refractivity contribution in [2.75, 3.05) is 0 Å². The van der Waals surface area contributed by atoms with Crippen LogP contribution in [0.4, 0.5) is 0 Å². The minimum absolute atomic E-state index is 0. The van der Waals surface area contributed by atoms with Crippen LogP contribution in [0.25, 0.3) is 5.57 Å². The molecule has 0 radical (unpaired) electrons. The summed E-state index contributed by atoms with van der Waals surface area (Å²) in [6, 6.07) is 41.8. The van der Waals surface area contributed by atoms with Crippen LogP contribution < -0.4 is 0 Å². The molecule has 0 saturated heterocycles. The first kappa shape index (κ1) is 29.8. The van der Waals surface area contributed by atoms with Crippen molar-refractivity contribution >= 4 is 5.57 Å². The SMILES string of the molecule is Cc1c(C)c(C)[c-](C)c1C.[C-](=C(c1ccccc1)[C-]([CH-]c1ccccc1)c1ccccc1)c1ccccc1.[Ni]. The average molecular weight is 551 g/mol. The molecule has 0 nitrogen and oxygen atoms in total. The van der Waals surface area contributed by atoms with Crippen molar-refractivity contribution in [3.05, 3.63) is 190 Å². The van der Waals surface area contributed by atoms with E-state index in [4.69, 9.17) is 0 Å². The molecule has 0 fully saturated rings. The standard InChI is InChI=1S/C28H21.C10H15.Ni/c1-5-13-23(14-6-1)21-27(25-17-9-3-10-18-25)28(26-19-11-4-12-20-26)22-24-15-7-2-8-16-24;1-6-7(2)9(4)10(5)8(6)3;/h1-21H;1-5H3;/q-3;-1;. The first-order valence-corrected chi connectivity index (χ1v) is 13.2. The van der Waals surface area contributed by atoms with Crippen molar-refractivity contribution in [1.29, 1.82) is 0 Å². The third kappa shape index (κ3) is 7.63. The monoisotopic (exact) mass is 550 g/mol. The molecule has 5 aromatic carbocycles. The van der Waals surface area contributed by atoms with Crippen molar-refractivity contribution in [3.8, 4) is 0 Å². The summed E-state index contributed by atoms with van der Waals surface area (Å²) in [4.78, 5) is 0. The fourth-order valence-electron chi connectivity index (χ4n) is 4.61. The van der Waals surface area contributed by atoms with Gasteiger partial charge in [0.25, 0.3) is 0 Å². The van der Waals surface area contributed by atoms with Gasteiger partial charge in [0.2, 0.25) is 0 Å². The smallest absolute Gasteiger partial charge is 0 e. The van der Waals surface area contributed by atoms with E-state index < -0.39 is 0 Å². The Morgan fingerprint density at radius 2 is 1.05 bits per heavy atom. The van der Waals surface area contributed by atoms with E-state index in [1.54, 1.807) is 0 Å². The predicted molar refractivity (Wildman–Crippen MR) is 163 cm³/mol. The van der Waals surface area contributed by atoms with Gasteiger partial charge in [0.15, 0.2) is 0 Å². The number of hydrogen-bond acceptors (Lipinski definition) is 0. The molecule has 0 saturated carbocycles. The number of benzene rings is 4. The molecular formula is C38H36Ni-4. The van der Waals surface area contributed by atoms with Gasteiger partial charge < -0.3 is 0 Å². The molecule has 0 unspecified atom stereocenters. The van der Waals surface area contributed by atoms with Crippen molar-refractivity contribution < 1.29 is 16.5 Å². The second kappa shape index (κ2) is 14.4. The summed E-state index contributed by atoms with van der Waals surface area (Å²) >= 11 is 0. The van der Waals surface area contributed by atoms with E-state index in [1.807, 2.05) is 30.3 Å². The quantitative estimate of drug-likeness (QED) is 0.112. The zero-order valence-corrected chi connectivity index (χ0v) is 24.4. The van der Waals surface area contributed by atoms with Gasteiger partial charge in [-0.2, -0.15) is 63.6 Å². The molecule has 0 atom stereocenters. The zero-order valence-electron chi connectivity index (χ0n) is 23.4. The third-order valence-corrected chi connectivity index (χ3v) is 7.38. The molecule has 0 aliphatic heterocycles. The van der Waals surface area contributed by atoms with Crippen molar-refractivity contribution in [3.63, 3.8) is 0 Å². The zero-order chi connectivity index (χ0) is 26.9. The van der Waals surface area contributed by atoms with Crippen molar-refractivity contribution in [2.24, 2.45) is 0 Å². The largest absolute Gasteiger partial charge is 0.233 e. The van der Waals surface area contributed by atoms with Crippen LogP contribution in [0.2, 0.25) is 0 Å². The summed E-state index contributed by atoms with van der Waals surface area (Å²) in [6.07, 6.45) is 5.91. The van der Waals surface area contributed by atoms with Crippen LogP contribution in [-0.2, 0) is 16.5 Å². The van der Waals surface area contributed by atoms with Gasteiger partial charge in [-0.25, -0.2) is 29.2 Å². The van der Waals surface area contributed by atoms with Gasteiger partial charge >= 0.3 is 0 Å². The van der Waals surface area contributed by atoms with Gasteiger partial charge in [-0.15, -0.1) is 36.4 Å². The molecule has 0 heterocycles. The Balaban J connectivity index is 0.000000324. The van der Waals surface area contributed by atoms with E-state index in [1.165, 1.54) is 38.9 Å². The Labute approximate surface area is 245 Å². The van der Waals surface area contributed by atoms with Crippen LogP contribution in [0.1, 0.15) is 50.1 Å². The molecule has 0 amide bonds. The molecule has 0 spiro atoms. The van der Waals surface area contributed by atoms with Crippen LogP contribution in [0.3, 0.4) is 0 Å². The third-order valence-electron chi connectivity index (χ3n) is 7.38. The van der Waals surface area contributed by atoms with Crippen LogP contribution in [0, 0.1) is 53.0 Å². The minimum atomic E-state index is 0. The van der Waals surface area contributed by atoms with Crippen molar-refractivity contribution in [2.45, 2.75) is 34.6 Å². The van der Waals surface area contributed by atoms with Gasteiger partial charge in [0.05, 0.1) is 0 Å². The summed E-state index contributed by atoms with van der Waals surface area (Å²) in [5.41, 5.74) is 13.0. The Bertz CT molecular complexity index is 1360. The molecule has 0 bridgehead atoms. The maximum Gasteiger partial charge on any atom is 0 e. The summed E-state index contributed by atoms with van der Waals surface area (Å²) in [5.74, 6) is 1.15. The summed E-state index contributed by atoms with van der Waals surface area (Å²) < 4.78 is 0. The Hall–Kier alpha value is -3.80. The van der Waals surface area contributed by atoms with E-state index in [-0.39, 0.29) is 16.5 Å². The van der Waals surface area contributed by atoms with Crippen LogP contribution in [0.15, 0.2) is 121 Å². The average Bonchev–Trinajstić information content (AvgIpc) is 3.14. The molecule has 1 heteroatoms. The van der Waals surface area contributed by atoms with E-state index in [0.29, 0.717) is 0 Å². The Morgan fingerprint density at radius 1 is 0.615 bits per heavy atom. The van der Waals surface area contributed by atoms with Crippen LogP contribution in [0.5, 0.6) is 0 Å². The van der Waals surface area contributed by atoms with E-state index in [0.717, 1.165) is 22.6 Å². The molecule has 0 aliphatic rings. The molecule has 5 rings (SSSR count). The van der Waals surface area contributed by atoms with Gasteiger partial charge in [-0.1, -0.05) is 101 Å². The molecule has 0 aliphatic carbocycles. The van der Waals surface area contributed by atoms with Gasteiger partial charge in [0.1, 0.15) is 0 Å². The Kier molecular flexibility index (Phi) is 11.0. The van der Waals surface area contributed by atoms with E-state index in [9.17, 15) is 0 Å². The van der Waals surface area contributed by atoms with Crippen molar-refractivity contribution in [1.82, 2.24) is 0 Å².